The molecule has 0 aromatic heterocycles. The molecule has 0 aliphatic heterocycles. The topological polar surface area (TPSA) is 41.3 Å². The standard InChI is InChI=1S/C12H21N3/c1-9-5-11(13)7-12(6-9)14-8-10(2)15(3)4/h5-7,10,14H,8,13H2,1-4H3. The fourth-order valence-electron chi connectivity index (χ4n) is 1.36. The van der Waals surface area contributed by atoms with Gasteiger partial charge in [0, 0.05) is 24.0 Å². The van der Waals surface area contributed by atoms with Crippen molar-refractivity contribution in [2.45, 2.75) is 19.9 Å². The Morgan fingerprint density at radius 3 is 2.53 bits per heavy atom. The van der Waals surface area contributed by atoms with Gasteiger partial charge in [-0.25, -0.2) is 0 Å². The van der Waals surface area contributed by atoms with Gasteiger partial charge in [0.05, 0.1) is 0 Å². The lowest BCUT2D eigenvalue weighted by Crippen LogP contribution is -2.31. The summed E-state index contributed by atoms with van der Waals surface area (Å²) in [5.41, 5.74) is 8.88. The Labute approximate surface area is 92.3 Å². The molecule has 15 heavy (non-hydrogen) atoms. The molecule has 0 spiro atoms. The van der Waals surface area contributed by atoms with Gasteiger partial charge in [0.15, 0.2) is 0 Å². The average molecular weight is 207 g/mol. The first-order chi connectivity index (χ1) is 6.99. The van der Waals surface area contributed by atoms with Crippen LogP contribution in [0.4, 0.5) is 11.4 Å². The number of nitrogens with two attached hydrogens (primary N) is 1. The largest absolute Gasteiger partial charge is 0.399 e. The number of hydrogen-bond acceptors (Lipinski definition) is 3. The summed E-state index contributed by atoms with van der Waals surface area (Å²) in [6, 6.07) is 6.56. The Balaban J connectivity index is 2.57. The van der Waals surface area contributed by atoms with Gasteiger partial charge in [0.1, 0.15) is 0 Å². The number of nitrogens with one attached hydrogen (secondary N) is 1. The van der Waals surface area contributed by atoms with Gasteiger partial charge in [0.25, 0.3) is 0 Å². The van der Waals surface area contributed by atoms with E-state index in [1.807, 2.05) is 12.1 Å². The third kappa shape index (κ3) is 3.80. The van der Waals surface area contributed by atoms with Crippen molar-refractivity contribution in [1.82, 2.24) is 4.90 Å². The van der Waals surface area contributed by atoms with Crippen LogP contribution in [0.2, 0.25) is 0 Å². The van der Waals surface area contributed by atoms with Crippen LogP contribution in [-0.2, 0) is 0 Å². The Morgan fingerprint density at radius 2 is 2.00 bits per heavy atom. The SMILES string of the molecule is Cc1cc(N)cc(NCC(C)N(C)C)c1. The number of anilines is 2. The van der Waals surface area contributed by atoms with Gasteiger partial charge >= 0.3 is 0 Å². The third-order valence-electron chi connectivity index (χ3n) is 2.58. The molecular weight excluding hydrogens is 186 g/mol. The number of nitrogens with zero attached hydrogens (tertiary/aromatic N) is 1. The van der Waals surface area contributed by atoms with Crippen molar-refractivity contribution in [1.29, 1.82) is 0 Å². The maximum atomic E-state index is 5.78. The molecule has 3 heteroatoms. The van der Waals surface area contributed by atoms with Crippen molar-refractivity contribution in [3.63, 3.8) is 0 Å². The number of hydrogen-bond donors (Lipinski definition) is 2. The highest BCUT2D eigenvalue weighted by Gasteiger charge is 2.03. The first kappa shape index (κ1) is 11.9. The molecule has 0 radical (unpaired) electrons. The van der Waals surface area contributed by atoms with Crippen molar-refractivity contribution < 1.29 is 0 Å². The summed E-state index contributed by atoms with van der Waals surface area (Å²) in [6.45, 7) is 5.17. The molecule has 0 saturated carbocycles. The van der Waals surface area contributed by atoms with Crippen molar-refractivity contribution in [2.75, 3.05) is 31.7 Å². The minimum absolute atomic E-state index is 0.506. The zero-order chi connectivity index (χ0) is 11.4. The summed E-state index contributed by atoms with van der Waals surface area (Å²) < 4.78 is 0. The second-order valence-electron chi connectivity index (χ2n) is 4.33. The van der Waals surface area contributed by atoms with Crippen LogP contribution < -0.4 is 11.1 Å². The van der Waals surface area contributed by atoms with Gasteiger partial charge < -0.3 is 16.0 Å². The highest BCUT2D eigenvalue weighted by Crippen LogP contribution is 2.15. The lowest BCUT2D eigenvalue weighted by atomic mass is 10.2. The summed E-state index contributed by atoms with van der Waals surface area (Å²) in [6.07, 6.45) is 0. The molecule has 1 aromatic carbocycles. The predicted molar refractivity (Wildman–Crippen MR) is 67.2 cm³/mol. The van der Waals surface area contributed by atoms with E-state index in [1.54, 1.807) is 0 Å². The molecule has 1 rings (SSSR count). The molecule has 1 atom stereocenters. The average Bonchev–Trinajstić information content (AvgIpc) is 2.12. The molecule has 1 aromatic rings. The minimum atomic E-state index is 0.506. The van der Waals surface area contributed by atoms with E-state index in [2.05, 4.69) is 44.2 Å². The van der Waals surface area contributed by atoms with Gasteiger partial charge in [-0.05, 0) is 51.7 Å². The fourth-order valence-corrected chi connectivity index (χ4v) is 1.36. The Bertz CT molecular complexity index is 300. The van der Waals surface area contributed by atoms with Crippen LogP contribution in [0, 0.1) is 6.92 Å². The Kier molecular flexibility index (Phi) is 3.97. The van der Waals surface area contributed by atoms with E-state index in [9.17, 15) is 0 Å². The van der Waals surface area contributed by atoms with Crippen molar-refractivity contribution >= 4 is 11.4 Å². The molecule has 0 heterocycles. The van der Waals surface area contributed by atoms with Crippen LogP contribution in [0.5, 0.6) is 0 Å². The van der Waals surface area contributed by atoms with Gasteiger partial charge in [-0.2, -0.15) is 0 Å². The molecular formula is C12H21N3. The van der Waals surface area contributed by atoms with Crippen LogP contribution in [0.15, 0.2) is 18.2 Å². The number of rotatable bonds is 4. The second-order valence-corrected chi connectivity index (χ2v) is 4.33. The molecule has 3 nitrogen and oxygen atoms in total. The summed E-state index contributed by atoms with van der Waals surface area (Å²) >= 11 is 0. The highest BCUT2D eigenvalue weighted by molar-refractivity contribution is 5.56. The molecule has 3 N–H and O–H groups in total. The van der Waals surface area contributed by atoms with Crippen LogP contribution in [0.25, 0.3) is 0 Å². The molecule has 0 saturated heterocycles. The maximum Gasteiger partial charge on any atom is 0.0364 e. The minimum Gasteiger partial charge on any atom is -0.399 e. The van der Waals surface area contributed by atoms with Gasteiger partial charge in [-0.3, -0.25) is 0 Å². The molecule has 0 aliphatic rings. The molecule has 0 fully saturated rings. The van der Waals surface area contributed by atoms with Crippen LogP contribution in [-0.4, -0.2) is 31.6 Å². The zero-order valence-corrected chi connectivity index (χ0v) is 10.0. The van der Waals surface area contributed by atoms with E-state index in [1.165, 1.54) is 5.56 Å². The Morgan fingerprint density at radius 1 is 1.33 bits per heavy atom. The first-order valence-corrected chi connectivity index (χ1v) is 5.26. The van der Waals surface area contributed by atoms with E-state index in [-0.39, 0.29) is 0 Å². The highest BCUT2D eigenvalue weighted by atomic mass is 15.1. The lowest BCUT2D eigenvalue weighted by Gasteiger charge is -2.20. The monoisotopic (exact) mass is 207 g/mol. The van der Waals surface area contributed by atoms with Crippen LogP contribution >= 0.6 is 0 Å². The van der Waals surface area contributed by atoms with Crippen molar-refractivity contribution in [3.05, 3.63) is 23.8 Å². The van der Waals surface area contributed by atoms with Crippen LogP contribution in [0.3, 0.4) is 0 Å². The zero-order valence-electron chi connectivity index (χ0n) is 10.0. The number of benzene rings is 1. The number of aryl methyl sites for hydroxylation is 1. The Hall–Kier alpha value is -1.22. The summed E-state index contributed by atoms with van der Waals surface area (Å²) in [5.74, 6) is 0. The van der Waals surface area contributed by atoms with Gasteiger partial charge in [0.2, 0.25) is 0 Å². The molecule has 0 amide bonds. The fraction of sp³-hybridized carbons (Fsp3) is 0.500. The number of likely N-dealkylation sites (N-methyl/N-ethyl adjacent to an activating group) is 1. The molecule has 84 valence electrons. The summed E-state index contributed by atoms with van der Waals surface area (Å²) in [4.78, 5) is 2.19. The van der Waals surface area contributed by atoms with E-state index >= 15 is 0 Å². The van der Waals surface area contributed by atoms with Gasteiger partial charge in [-0.15, -0.1) is 0 Å². The van der Waals surface area contributed by atoms with Crippen molar-refractivity contribution in [3.8, 4) is 0 Å². The van der Waals surface area contributed by atoms with E-state index in [0.717, 1.165) is 17.9 Å². The third-order valence-corrected chi connectivity index (χ3v) is 2.58. The van der Waals surface area contributed by atoms with Crippen molar-refractivity contribution in [2.24, 2.45) is 0 Å². The van der Waals surface area contributed by atoms with Crippen LogP contribution in [0.1, 0.15) is 12.5 Å². The quantitative estimate of drug-likeness (QED) is 0.741. The van der Waals surface area contributed by atoms with E-state index in [4.69, 9.17) is 5.73 Å². The van der Waals surface area contributed by atoms with Gasteiger partial charge in [-0.1, -0.05) is 0 Å². The smallest absolute Gasteiger partial charge is 0.0364 e. The molecule has 0 aliphatic carbocycles. The predicted octanol–water partition coefficient (Wildman–Crippen LogP) is 1.94. The summed E-state index contributed by atoms with van der Waals surface area (Å²) in [5, 5.41) is 3.39. The second kappa shape index (κ2) is 5.03. The maximum absolute atomic E-state index is 5.78. The summed E-state index contributed by atoms with van der Waals surface area (Å²) in [7, 11) is 4.16. The van der Waals surface area contributed by atoms with E-state index < -0.39 is 0 Å². The first-order valence-electron chi connectivity index (χ1n) is 5.26. The molecule has 0 bridgehead atoms. The normalized spacial score (nSPS) is 12.9. The van der Waals surface area contributed by atoms with E-state index in [0.29, 0.717) is 6.04 Å². The molecule has 1 unspecified atom stereocenters. The number of nitrogen functional groups attached to an aromatic ring is 1. The lowest BCUT2D eigenvalue weighted by molar-refractivity contribution is 0.326.